The zero-order valence-corrected chi connectivity index (χ0v) is 21.0. The van der Waals surface area contributed by atoms with Crippen LogP contribution in [0.4, 0.5) is 13.2 Å². The van der Waals surface area contributed by atoms with Crippen molar-refractivity contribution in [3.05, 3.63) is 111 Å². The van der Waals surface area contributed by atoms with Crippen molar-refractivity contribution < 1.29 is 13.2 Å². The number of allylic oxidation sites excluding steroid dienone is 1. The molecule has 4 heteroatoms. The van der Waals surface area contributed by atoms with Crippen LogP contribution >= 0.6 is 0 Å². The first-order valence-corrected chi connectivity index (χ1v) is 12.8. The Bertz CT molecular complexity index is 1340. The van der Waals surface area contributed by atoms with Crippen LogP contribution in [-0.2, 0) is 6.42 Å². The average molecular weight is 488 g/mol. The molecular weight excluding hydrogens is 455 g/mol. The van der Waals surface area contributed by atoms with Crippen LogP contribution in [0.5, 0.6) is 0 Å². The lowest BCUT2D eigenvalue weighted by Crippen LogP contribution is -2.40. The zero-order chi connectivity index (χ0) is 25.2. The van der Waals surface area contributed by atoms with Crippen LogP contribution in [0.2, 0.25) is 0 Å². The second kappa shape index (κ2) is 10.5. The van der Waals surface area contributed by atoms with E-state index in [1.165, 1.54) is 17.2 Å². The first kappa shape index (κ1) is 24.6. The van der Waals surface area contributed by atoms with Gasteiger partial charge in [0.25, 0.3) is 0 Å². The van der Waals surface area contributed by atoms with Crippen molar-refractivity contribution in [1.82, 2.24) is 4.90 Å². The quantitative estimate of drug-likeness (QED) is 0.341. The highest BCUT2D eigenvalue weighted by Crippen LogP contribution is 2.42. The number of nitrogens with zero attached hydrogens (tertiary/aromatic N) is 1. The zero-order valence-electron chi connectivity index (χ0n) is 21.0. The lowest BCUT2D eigenvalue weighted by Gasteiger charge is -2.33. The van der Waals surface area contributed by atoms with Gasteiger partial charge in [-0.05, 0) is 114 Å². The van der Waals surface area contributed by atoms with E-state index >= 15 is 4.39 Å². The molecule has 0 amide bonds. The Morgan fingerprint density at radius 3 is 2.42 bits per heavy atom. The van der Waals surface area contributed by atoms with E-state index in [-0.39, 0.29) is 18.3 Å². The van der Waals surface area contributed by atoms with Crippen molar-refractivity contribution in [2.24, 2.45) is 0 Å². The molecule has 0 N–H and O–H groups in total. The molecule has 36 heavy (non-hydrogen) atoms. The maximum Gasteiger partial charge on any atom is 0.131 e. The number of likely N-dealkylation sites (tertiary alicyclic amines) is 1. The van der Waals surface area contributed by atoms with Crippen LogP contribution in [0.25, 0.3) is 17.2 Å². The topological polar surface area (TPSA) is 3.24 Å². The monoisotopic (exact) mass is 487 g/mol. The maximum absolute atomic E-state index is 15.6. The van der Waals surface area contributed by atoms with Crippen molar-refractivity contribution in [1.29, 1.82) is 0 Å². The molecule has 1 fully saturated rings. The first-order valence-electron chi connectivity index (χ1n) is 12.8. The molecule has 0 unspecified atom stereocenters. The molecule has 2 aliphatic rings. The molecule has 3 aromatic rings. The Kier molecular flexibility index (Phi) is 7.15. The molecule has 0 bridgehead atoms. The standard InChI is InChI=1S/C32H32F3N/c1-21-15-25(17-23-19-36(20-23)14-6-13-33)31(35)18-30(21)32-28-9-4-3-7-24(28)8-5-10-29(32)27-12-11-26(34)16-22(27)2/h3-4,7,9,11-12,15-18H,5-6,8,10,13-14,19-20H2,1-2H3. The summed E-state index contributed by atoms with van der Waals surface area (Å²) in [6, 6.07) is 17.0. The lowest BCUT2D eigenvalue weighted by molar-refractivity contribution is 0.239. The van der Waals surface area contributed by atoms with Gasteiger partial charge in [0.15, 0.2) is 0 Å². The van der Waals surface area contributed by atoms with Gasteiger partial charge in [-0.2, -0.15) is 0 Å². The summed E-state index contributed by atoms with van der Waals surface area (Å²) >= 11 is 0. The average Bonchev–Trinajstić information content (AvgIpc) is 3.02. The number of aryl methyl sites for hydroxylation is 3. The van der Waals surface area contributed by atoms with E-state index in [9.17, 15) is 8.78 Å². The molecule has 0 aromatic heterocycles. The van der Waals surface area contributed by atoms with Crippen molar-refractivity contribution >= 4 is 17.2 Å². The molecule has 1 aliphatic heterocycles. The van der Waals surface area contributed by atoms with Gasteiger partial charge in [-0.3, -0.25) is 9.29 Å². The Morgan fingerprint density at radius 1 is 0.861 bits per heavy atom. The van der Waals surface area contributed by atoms with Crippen molar-refractivity contribution in [2.75, 3.05) is 26.3 Å². The van der Waals surface area contributed by atoms with Crippen LogP contribution in [0.15, 0.2) is 60.2 Å². The van der Waals surface area contributed by atoms with E-state index in [2.05, 4.69) is 23.1 Å². The highest BCUT2D eigenvalue weighted by Gasteiger charge is 2.24. The summed E-state index contributed by atoms with van der Waals surface area (Å²) in [5.74, 6) is -0.485. The minimum absolute atomic E-state index is 0.241. The summed E-state index contributed by atoms with van der Waals surface area (Å²) < 4.78 is 41.9. The fraction of sp³-hybridized carbons (Fsp3) is 0.312. The van der Waals surface area contributed by atoms with E-state index in [4.69, 9.17) is 0 Å². The van der Waals surface area contributed by atoms with E-state index in [1.54, 1.807) is 12.1 Å². The summed E-state index contributed by atoms with van der Waals surface area (Å²) in [5, 5.41) is 0. The molecule has 1 heterocycles. The van der Waals surface area contributed by atoms with Crippen LogP contribution in [0.1, 0.15) is 58.2 Å². The van der Waals surface area contributed by atoms with Crippen molar-refractivity contribution in [2.45, 2.75) is 39.5 Å². The third-order valence-electron chi connectivity index (χ3n) is 7.41. The minimum Gasteiger partial charge on any atom is -0.295 e. The molecule has 1 nitrogen and oxygen atoms in total. The second-order valence-electron chi connectivity index (χ2n) is 10.1. The van der Waals surface area contributed by atoms with E-state index < -0.39 is 0 Å². The third kappa shape index (κ3) is 4.92. The highest BCUT2D eigenvalue weighted by molar-refractivity contribution is 6.01. The molecule has 0 atom stereocenters. The Morgan fingerprint density at radius 2 is 1.64 bits per heavy atom. The SMILES string of the molecule is Cc1cc(F)ccc1C1=C(c2cc(F)c(C=C3CN(CCCF)C3)cc2C)c2ccccc2CCC1. The van der Waals surface area contributed by atoms with Gasteiger partial charge >= 0.3 is 0 Å². The van der Waals surface area contributed by atoms with Crippen LogP contribution in [0.3, 0.4) is 0 Å². The smallest absolute Gasteiger partial charge is 0.131 e. The molecule has 0 radical (unpaired) electrons. The molecule has 0 saturated carbocycles. The molecule has 1 saturated heterocycles. The molecule has 3 aromatic carbocycles. The van der Waals surface area contributed by atoms with Crippen LogP contribution < -0.4 is 0 Å². The second-order valence-corrected chi connectivity index (χ2v) is 10.1. The summed E-state index contributed by atoms with van der Waals surface area (Å²) in [4.78, 5) is 2.18. The largest absolute Gasteiger partial charge is 0.295 e. The van der Waals surface area contributed by atoms with Crippen molar-refractivity contribution in [3.63, 3.8) is 0 Å². The summed E-state index contributed by atoms with van der Waals surface area (Å²) in [6.07, 6.45) is 5.27. The highest BCUT2D eigenvalue weighted by atomic mass is 19.1. The molecule has 1 aliphatic carbocycles. The van der Waals surface area contributed by atoms with Gasteiger partial charge in [0, 0.05) is 25.2 Å². The molecule has 186 valence electrons. The van der Waals surface area contributed by atoms with E-state index in [0.717, 1.165) is 77.9 Å². The van der Waals surface area contributed by atoms with Crippen LogP contribution in [-0.4, -0.2) is 31.2 Å². The van der Waals surface area contributed by atoms with Gasteiger partial charge in [0.2, 0.25) is 0 Å². The van der Waals surface area contributed by atoms with Gasteiger partial charge in [0.1, 0.15) is 11.6 Å². The lowest BCUT2D eigenvalue weighted by atomic mass is 9.84. The summed E-state index contributed by atoms with van der Waals surface area (Å²) in [7, 11) is 0. The summed E-state index contributed by atoms with van der Waals surface area (Å²) in [6.45, 7) is 5.97. The normalized spacial score (nSPS) is 16.0. The number of rotatable bonds is 6. The van der Waals surface area contributed by atoms with Crippen molar-refractivity contribution in [3.8, 4) is 0 Å². The third-order valence-corrected chi connectivity index (χ3v) is 7.41. The van der Waals surface area contributed by atoms with Crippen LogP contribution in [0, 0.1) is 25.5 Å². The number of hydrogen-bond acceptors (Lipinski definition) is 1. The van der Waals surface area contributed by atoms with E-state index in [0.29, 0.717) is 12.0 Å². The number of fused-ring (bicyclic) bond motifs is 1. The predicted octanol–water partition coefficient (Wildman–Crippen LogP) is 7.94. The minimum atomic E-state index is -0.302. The van der Waals surface area contributed by atoms with Gasteiger partial charge in [-0.15, -0.1) is 0 Å². The fourth-order valence-electron chi connectivity index (χ4n) is 5.63. The molecule has 5 rings (SSSR count). The summed E-state index contributed by atoms with van der Waals surface area (Å²) in [5.41, 5.74) is 10.2. The Labute approximate surface area is 212 Å². The molecular formula is C32H32F3N. The number of alkyl halides is 1. The fourth-order valence-corrected chi connectivity index (χ4v) is 5.63. The number of benzene rings is 3. The number of hydrogen-bond donors (Lipinski definition) is 0. The van der Waals surface area contributed by atoms with Gasteiger partial charge in [0.05, 0.1) is 6.67 Å². The van der Waals surface area contributed by atoms with Gasteiger partial charge in [-0.1, -0.05) is 36.4 Å². The predicted molar refractivity (Wildman–Crippen MR) is 143 cm³/mol. The maximum atomic E-state index is 15.6. The Balaban J connectivity index is 1.60. The van der Waals surface area contributed by atoms with Gasteiger partial charge in [-0.25, -0.2) is 8.78 Å². The first-order chi connectivity index (χ1) is 17.4. The molecule has 0 spiro atoms. The number of halogens is 3. The Hall–Kier alpha value is -3.11. The van der Waals surface area contributed by atoms with Gasteiger partial charge < -0.3 is 0 Å². The van der Waals surface area contributed by atoms with E-state index in [1.807, 2.05) is 38.1 Å².